The number of methoxy groups -OCH3 is 1. The van der Waals surface area contributed by atoms with Gasteiger partial charge < -0.3 is 24.4 Å². The first kappa shape index (κ1) is 28.1. The van der Waals surface area contributed by atoms with E-state index >= 15 is 0 Å². The van der Waals surface area contributed by atoms with Crippen molar-refractivity contribution >= 4 is 27.5 Å². The summed E-state index contributed by atoms with van der Waals surface area (Å²) in [5, 5.41) is 2.90. The first-order chi connectivity index (χ1) is 17.7. The van der Waals surface area contributed by atoms with Crippen LogP contribution in [0.15, 0.2) is 42.5 Å². The number of nitrogens with zero attached hydrogens (tertiary/aromatic N) is 2. The van der Waals surface area contributed by atoms with Crippen LogP contribution < -0.4 is 23.8 Å². The first-order valence-corrected chi connectivity index (χ1v) is 14.1. The molecular formula is C26H35N3O7S. The minimum atomic E-state index is -3.84. The van der Waals surface area contributed by atoms with E-state index in [1.54, 1.807) is 31.4 Å². The molecule has 0 saturated heterocycles. The van der Waals surface area contributed by atoms with E-state index < -0.39 is 28.5 Å². The van der Waals surface area contributed by atoms with Crippen LogP contribution in [-0.4, -0.2) is 64.4 Å². The number of hydrogen-bond acceptors (Lipinski definition) is 7. The summed E-state index contributed by atoms with van der Waals surface area (Å²) < 4.78 is 42.4. The largest absolute Gasteiger partial charge is 0.497 e. The lowest BCUT2D eigenvalue weighted by atomic mass is 10.1. The summed E-state index contributed by atoms with van der Waals surface area (Å²) in [6.45, 7) is 4.04. The number of carbonyl (C=O) groups is 2. The Balaban J connectivity index is 1.91. The zero-order chi connectivity index (χ0) is 27.0. The second-order valence-corrected chi connectivity index (χ2v) is 10.7. The van der Waals surface area contributed by atoms with Gasteiger partial charge in [0.15, 0.2) is 11.5 Å². The Hall–Kier alpha value is -3.47. The fraction of sp³-hybridized carbons (Fsp3) is 0.462. The van der Waals surface area contributed by atoms with Crippen LogP contribution in [0.3, 0.4) is 0 Å². The second-order valence-electron chi connectivity index (χ2n) is 8.75. The number of sulfonamides is 1. The number of benzene rings is 2. The van der Waals surface area contributed by atoms with Crippen LogP contribution in [0.2, 0.25) is 0 Å². The summed E-state index contributed by atoms with van der Waals surface area (Å²) in [6.07, 6.45) is 3.14. The smallest absolute Gasteiger partial charge is 0.244 e. The Morgan fingerprint density at radius 2 is 1.78 bits per heavy atom. The number of unbranched alkanes of at least 4 members (excludes halogenated alkanes) is 1. The molecule has 37 heavy (non-hydrogen) atoms. The van der Waals surface area contributed by atoms with Crippen molar-refractivity contribution in [2.45, 2.75) is 45.7 Å². The zero-order valence-electron chi connectivity index (χ0n) is 21.7. The quantitative estimate of drug-likeness (QED) is 0.394. The number of ether oxygens (including phenoxy) is 3. The van der Waals surface area contributed by atoms with Crippen LogP contribution in [0.4, 0.5) is 5.69 Å². The van der Waals surface area contributed by atoms with E-state index in [0.29, 0.717) is 30.2 Å². The van der Waals surface area contributed by atoms with Crippen molar-refractivity contribution in [3.05, 3.63) is 48.0 Å². The molecule has 3 rings (SSSR count). The topological polar surface area (TPSA) is 114 Å². The van der Waals surface area contributed by atoms with Crippen LogP contribution in [0.25, 0.3) is 0 Å². The van der Waals surface area contributed by atoms with Gasteiger partial charge >= 0.3 is 0 Å². The van der Waals surface area contributed by atoms with Gasteiger partial charge in [0.25, 0.3) is 0 Å². The molecule has 2 amide bonds. The third-order valence-electron chi connectivity index (χ3n) is 6.05. The van der Waals surface area contributed by atoms with Crippen LogP contribution in [0.5, 0.6) is 17.2 Å². The van der Waals surface area contributed by atoms with Gasteiger partial charge in [-0.3, -0.25) is 13.9 Å². The predicted molar refractivity (Wildman–Crippen MR) is 140 cm³/mol. The summed E-state index contributed by atoms with van der Waals surface area (Å²) in [5.41, 5.74) is 1.05. The zero-order valence-corrected chi connectivity index (χ0v) is 22.5. The molecule has 2 aromatic rings. The molecular weight excluding hydrogens is 498 g/mol. The van der Waals surface area contributed by atoms with Crippen molar-refractivity contribution in [2.75, 3.05) is 37.6 Å². The van der Waals surface area contributed by atoms with Crippen LogP contribution in [-0.2, 0) is 26.2 Å². The molecule has 0 unspecified atom stereocenters. The van der Waals surface area contributed by atoms with Gasteiger partial charge in [0.2, 0.25) is 28.6 Å². The van der Waals surface area contributed by atoms with Crippen molar-refractivity contribution in [2.24, 2.45) is 0 Å². The molecule has 0 spiro atoms. The molecule has 1 N–H and O–H groups in total. The van der Waals surface area contributed by atoms with Crippen molar-refractivity contribution in [1.29, 1.82) is 0 Å². The Morgan fingerprint density at radius 1 is 1.08 bits per heavy atom. The molecule has 0 saturated carbocycles. The first-order valence-electron chi connectivity index (χ1n) is 12.2. The van der Waals surface area contributed by atoms with E-state index in [2.05, 4.69) is 5.32 Å². The Morgan fingerprint density at radius 3 is 2.41 bits per heavy atom. The molecule has 1 atom stereocenters. The molecule has 0 aliphatic carbocycles. The maximum Gasteiger partial charge on any atom is 0.244 e. The molecule has 0 aromatic heterocycles. The Labute approximate surface area is 218 Å². The number of fused-ring (bicyclic) bond motifs is 1. The highest BCUT2D eigenvalue weighted by Crippen LogP contribution is 2.36. The molecule has 0 radical (unpaired) electrons. The summed E-state index contributed by atoms with van der Waals surface area (Å²) in [5.74, 6) is 0.787. The summed E-state index contributed by atoms with van der Waals surface area (Å²) in [6, 6.07) is 11.1. The molecule has 1 aliphatic rings. The Bertz CT molecular complexity index is 1190. The van der Waals surface area contributed by atoms with E-state index in [-0.39, 0.29) is 24.9 Å². The van der Waals surface area contributed by atoms with Crippen LogP contribution in [0, 0.1) is 0 Å². The normalized spacial score (nSPS) is 13.1. The molecule has 11 heteroatoms. The number of anilines is 1. The van der Waals surface area contributed by atoms with Gasteiger partial charge in [-0.05, 0) is 42.7 Å². The molecule has 1 heterocycles. The maximum absolute atomic E-state index is 13.7. The number of rotatable bonds is 13. The summed E-state index contributed by atoms with van der Waals surface area (Å²) in [7, 11) is -2.28. The van der Waals surface area contributed by atoms with Crippen molar-refractivity contribution in [3.63, 3.8) is 0 Å². The average molecular weight is 534 g/mol. The highest BCUT2D eigenvalue weighted by atomic mass is 32.2. The van der Waals surface area contributed by atoms with Gasteiger partial charge in [0, 0.05) is 19.2 Å². The van der Waals surface area contributed by atoms with Gasteiger partial charge in [0.05, 0.1) is 19.1 Å². The lowest BCUT2D eigenvalue weighted by Gasteiger charge is -2.33. The average Bonchev–Trinajstić information content (AvgIpc) is 3.35. The molecule has 202 valence electrons. The fourth-order valence-electron chi connectivity index (χ4n) is 4.01. The lowest BCUT2D eigenvalue weighted by molar-refractivity contribution is -0.140. The van der Waals surface area contributed by atoms with Crippen molar-refractivity contribution < 1.29 is 32.2 Å². The SMILES string of the molecule is CCCCNC(=O)[C@H](CC)N(Cc1ccc(OC)cc1)C(=O)CN(c1ccc2c(c1)OCO2)S(C)(=O)=O. The van der Waals surface area contributed by atoms with E-state index in [1.165, 1.54) is 11.0 Å². The minimum absolute atomic E-state index is 0.0392. The van der Waals surface area contributed by atoms with Gasteiger partial charge in [-0.15, -0.1) is 0 Å². The summed E-state index contributed by atoms with van der Waals surface area (Å²) in [4.78, 5) is 28.2. The fourth-order valence-corrected chi connectivity index (χ4v) is 4.85. The van der Waals surface area contributed by atoms with Crippen LogP contribution in [0.1, 0.15) is 38.7 Å². The van der Waals surface area contributed by atoms with Gasteiger partial charge in [-0.1, -0.05) is 32.4 Å². The predicted octanol–water partition coefficient (Wildman–Crippen LogP) is 2.91. The van der Waals surface area contributed by atoms with Gasteiger partial charge in [-0.25, -0.2) is 8.42 Å². The molecule has 0 bridgehead atoms. The molecule has 10 nitrogen and oxygen atoms in total. The molecule has 2 aromatic carbocycles. The lowest BCUT2D eigenvalue weighted by Crippen LogP contribution is -2.52. The number of nitrogens with one attached hydrogen (secondary N) is 1. The minimum Gasteiger partial charge on any atom is -0.497 e. The van der Waals surface area contributed by atoms with E-state index in [1.807, 2.05) is 26.0 Å². The van der Waals surface area contributed by atoms with E-state index in [9.17, 15) is 18.0 Å². The highest BCUT2D eigenvalue weighted by molar-refractivity contribution is 7.92. The second kappa shape index (κ2) is 12.7. The van der Waals surface area contributed by atoms with Crippen molar-refractivity contribution in [1.82, 2.24) is 10.2 Å². The third kappa shape index (κ3) is 7.28. The molecule has 1 aliphatic heterocycles. The highest BCUT2D eigenvalue weighted by Gasteiger charge is 2.32. The van der Waals surface area contributed by atoms with E-state index in [4.69, 9.17) is 14.2 Å². The molecule has 0 fully saturated rings. The van der Waals surface area contributed by atoms with Gasteiger partial charge in [-0.2, -0.15) is 0 Å². The van der Waals surface area contributed by atoms with Gasteiger partial charge in [0.1, 0.15) is 18.3 Å². The van der Waals surface area contributed by atoms with Crippen molar-refractivity contribution in [3.8, 4) is 17.2 Å². The summed E-state index contributed by atoms with van der Waals surface area (Å²) >= 11 is 0. The van der Waals surface area contributed by atoms with E-state index in [0.717, 1.165) is 29.0 Å². The monoisotopic (exact) mass is 533 g/mol. The Kier molecular flexibility index (Phi) is 9.62. The standard InChI is InChI=1S/C26H35N3O7S/c1-5-7-14-27-26(31)22(6-2)28(16-19-8-11-21(34-3)12-9-19)25(30)17-29(37(4,32)33)20-10-13-23-24(15-20)36-18-35-23/h8-13,15,22H,5-7,14,16-18H2,1-4H3,(H,27,31)/t22-/m0/s1. The third-order valence-corrected chi connectivity index (χ3v) is 7.19. The number of amides is 2. The van der Waals surface area contributed by atoms with Crippen LogP contribution >= 0.6 is 0 Å². The number of carbonyl (C=O) groups excluding carboxylic acids is 2. The maximum atomic E-state index is 13.7. The number of hydrogen-bond donors (Lipinski definition) is 1.